The number of nitrogens with zero attached hydrogens (tertiary/aromatic N) is 1. The molecule has 1 aliphatic heterocycles. The van der Waals surface area contributed by atoms with Crippen molar-refractivity contribution < 1.29 is 26.8 Å². The van der Waals surface area contributed by atoms with Gasteiger partial charge in [-0.15, -0.1) is 0 Å². The topological polar surface area (TPSA) is 96.0 Å². The Morgan fingerprint density at radius 1 is 1.02 bits per heavy atom. The maximum Gasteiger partial charge on any atom is 0.303 e. The molecule has 2 heterocycles. The van der Waals surface area contributed by atoms with Crippen LogP contribution in [0.3, 0.4) is 0 Å². The molecule has 4 aromatic rings. The van der Waals surface area contributed by atoms with Crippen LogP contribution in [0.25, 0.3) is 22.2 Å². The van der Waals surface area contributed by atoms with E-state index in [-0.39, 0.29) is 10.6 Å². The van der Waals surface area contributed by atoms with Crippen LogP contribution in [0.4, 0.5) is 5.69 Å². The van der Waals surface area contributed by atoms with Gasteiger partial charge in [-0.25, -0.2) is 9.17 Å². The van der Waals surface area contributed by atoms with Gasteiger partial charge in [0.15, 0.2) is 6.29 Å². The molecule has 5 rings (SSSR count). The predicted molar refractivity (Wildman–Crippen MR) is 155 cm³/mol. The molecule has 0 spiro atoms. The van der Waals surface area contributed by atoms with E-state index in [9.17, 15) is 8.42 Å². The van der Waals surface area contributed by atoms with Gasteiger partial charge in [0, 0.05) is 42.6 Å². The maximum absolute atomic E-state index is 13.4. The Hall–Kier alpha value is -3.66. The van der Waals surface area contributed by atoms with E-state index in [1.54, 1.807) is 31.2 Å². The zero-order chi connectivity index (χ0) is 28.1. The summed E-state index contributed by atoms with van der Waals surface area (Å²) in [6.07, 6.45) is 1.40. The summed E-state index contributed by atoms with van der Waals surface area (Å²) in [5.41, 5.74) is 4.43. The van der Waals surface area contributed by atoms with Crippen LogP contribution >= 0.6 is 0 Å². The van der Waals surface area contributed by atoms with Gasteiger partial charge in [0.2, 0.25) is 6.29 Å². The zero-order valence-electron chi connectivity index (χ0n) is 22.9. The standard InChI is InChI=1S/C31H34N2O6S/c1-4-30(39-40(34,35)29-17-8-21(2)19-28(29)38-31-7-5-6-18-36-31)37-25-15-11-23-12-16-26(33-27(23)20-25)22-9-13-24(32-3)14-10-22/h8-17,19-20,30-32H,4-7,18H2,1-3H3. The van der Waals surface area contributed by atoms with Crippen molar-refractivity contribution in [2.45, 2.75) is 57.0 Å². The van der Waals surface area contributed by atoms with E-state index >= 15 is 0 Å². The molecule has 3 aromatic carbocycles. The number of nitrogens with one attached hydrogen (secondary N) is 1. The Balaban J connectivity index is 1.35. The molecule has 1 aliphatic rings. The molecule has 0 aliphatic carbocycles. The molecule has 1 N–H and O–H groups in total. The predicted octanol–water partition coefficient (Wildman–Crippen LogP) is 6.68. The van der Waals surface area contributed by atoms with Crippen molar-refractivity contribution >= 4 is 26.7 Å². The van der Waals surface area contributed by atoms with Crippen molar-refractivity contribution in [2.75, 3.05) is 19.0 Å². The number of anilines is 1. The lowest BCUT2D eigenvalue weighted by atomic mass is 10.1. The van der Waals surface area contributed by atoms with E-state index in [2.05, 4.69) is 5.32 Å². The Labute approximate surface area is 235 Å². The van der Waals surface area contributed by atoms with E-state index in [0.29, 0.717) is 25.2 Å². The fourth-order valence-electron chi connectivity index (χ4n) is 4.51. The number of hydrogen-bond donors (Lipinski definition) is 1. The molecule has 1 fully saturated rings. The third-order valence-electron chi connectivity index (χ3n) is 6.73. The third kappa shape index (κ3) is 6.55. The summed E-state index contributed by atoms with van der Waals surface area (Å²) in [5.74, 6) is 0.674. The molecule has 210 valence electrons. The van der Waals surface area contributed by atoms with Gasteiger partial charge < -0.3 is 19.5 Å². The molecule has 2 unspecified atom stereocenters. The first-order chi connectivity index (χ1) is 19.3. The molecule has 9 heteroatoms. The molecule has 2 atom stereocenters. The van der Waals surface area contributed by atoms with Gasteiger partial charge in [-0.3, -0.25) is 0 Å². The Morgan fingerprint density at radius 3 is 2.55 bits per heavy atom. The summed E-state index contributed by atoms with van der Waals surface area (Å²) >= 11 is 0. The van der Waals surface area contributed by atoms with Gasteiger partial charge in [0.25, 0.3) is 0 Å². The number of pyridine rings is 1. The summed E-state index contributed by atoms with van der Waals surface area (Å²) in [6, 6.07) is 22.4. The Morgan fingerprint density at radius 2 is 1.82 bits per heavy atom. The third-order valence-corrected chi connectivity index (χ3v) is 8.08. The van der Waals surface area contributed by atoms with Crippen molar-refractivity contribution in [3.05, 3.63) is 78.4 Å². The monoisotopic (exact) mass is 562 g/mol. The van der Waals surface area contributed by atoms with Crippen LogP contribution in [0.2, 0.25) is 0 Å². The van der Waals surface area contributed by atoms with Crippen LogP contribution in [0.15, 0.2) is 77.7 Å². The average Bonchev–Trinajstić information content (AvgIpc) is 2.97. The van der Waals surface area contributed by atoms with E-state index in [4.69, 9.17) is 23.4 Å². The molecule has 0 saturated carbocycles. The number of aromatic nitrogens is 1. The lowest BCUT2D eigenvalue weighted by Crippen LogP contribution is -2.27. The molecule has 40 heavy (non-hydrogen) atoms. The SMILES string of the molecule is CCC(Oc1ccc2ccc(-c3ccc(NC)cc3)nc2c1)OS(=O)(=O)c1ccc(C)cc1OC1CCCCO1. The molecule has 0 amide bonds. The highest BCUT2D eigenvalue weighted by Crippen LogP contribution is 2.31. The van der Waals surface area contributed by atoms with E-state index in [1.165, 1.54) is 6.07 Å². The second-order valence-electron chi connectivity index (χ2n) is 9.75. The molecular formula is C31H34N2O6S. The fourth-order valence-corrected chi connectivity index (χ4v) is 5.66. The van der Waals surface area contributed by atoms with Crippen molar-refractivity contribution in [1.82, 2.24) is 4.98 Å². The average molecular weight is 563 g/mol. The Kier molecular flexibility index (Phi) is 8.54. The van der Waals surface area contributed by atoms with Crippen LogP contribution in [0.1, 0.15) is 38.2 Å². The highest BCUT2D eigenvalue weighted by Gasteiger charge is 2.28. The van der Waals surface area contributed by atoms with E-state index in [0.717, 1.165) is 46.3 Å². The van der Waals surface area contributed by atoms with Crippen LogP contribution < -0.4 is 14.8 Å². The maximum atomic E-state index is 13.4. The van der Waals surface area contributed by atoms with Gasteiger partial charge in [0.1, 0.15) is 16.4 Å². The highest BCUT2D eigenvalue weighted by atomic mass is 32.2. The quantitative estimate of drug-likeness (QED) is 0.169. The summed E-state index contributed by atoms with van der Waals surface area (Å²) < 4.78 is 50.0. The van der Waals surface area contributed by atoms with Crippen molar-refractivity contribution in [2.24, 2.45) is 0 Å². The van der Waals surface area contributed by atoms with E-state index in [1.807, 2.05) is 56.4 Å². The highest BCUT2D eigenvalue weighted by molar-refractivity contribution is 7.86. The smallest absolute Gasteiger partial charge is 0.303 e. The van der Waals surface area contributed by atoms with Crippen molar-refractivity contribution in [1.29, 1.82) is 0 Å². The van der Waals surface area contributed by atoms with Crippen molar-refractivity contribution in [3.8, 4) is 22.8 Å². The lowest BCUT2D eigenvalue weighted by Gasteiger charge is -2.25. The number of fused-ring (bicyclic) bond motifs is 1. The zero-order valence-corrected chi connectivity index (χ0v) is 23.7. The van der Waals surface area contributed by atoms with Gasteiger partial charge in [-0.2, -0.15) is 8.42 Å². The summed E-state index contributed by atoms with van der Waals surface area (Å²) in [4.78, 5) is 4.75. The van der Waals surface area contributed by atoms with Crippen molar-refractivity contribution in [3.63, 3.8) is 0 Å². The second kappa shape index (κ2) is 12.2. The summed E-state index contributed by atoms with van der Waals surface area (Å²) in [6.45, 7) is 4.26. The first kappa shape index (κ1) is 27.9. The fraction of sp³-hybridized carbons (Fsp3) is 0.323. The largest absolute Gasteiger partial charge is 0.464 e. The molecule has 1 aromatic heterocycles. The minimum atomic E-state index is -4.21. The number of aryl methyl sites for hydroxylation is 1. The molecular weight excluding hydrogens is 528 g/mol. The minimum absolute atomic E-state index is 0.0524. The second-order valence-corrected chi connectivity index (χ2v) is 11.3. The first-order valence-electron chi connectivity index (χ1n) is 13.5. The van der Waals surface area contributed by atoms with Crippen LogP contribution in [0, 0.1) is 6.92 Å². The van der Waals surface area contributed by atoms with Gasteiger partial charge >= 0.3 is 10.1 Å². The summed E-state index contributed by atoms with van der Waals surface area (Å²) in [5, 5.41) is 4.05. The van der Waals surface area contributed by atoms with Gasteiger partial charge in [-0.05, 0) is 67.8 Å². The Bertz CT molecular complexity index is 1570. The first-order valence-corrected chi connectivity index (χ1v) is 14.9. The normalized spacial score (nSPS) is 16.4. The number of benzene rings is 3. The molecule has 0 bridgehead atoms. The number of rotatable bonds is 10. The van der Waals surface area contributed by atoms with Gasteiger partial charge in [0.05, 0.1) is 17.8 Å². The van der Waals surface area contributed by atoms with Crippen LogP contribution in [-0.2, 0) is 19.0 Å². The number of ether oxygens (including phenoxy) is 3. The molecule has 8 nitrogen and oxygen atoms in total. The van der Waals surface area contributed by atoms with Gasteiger partial charge in [-0.1, -0.05) is 31.2 Å². The summed E-state index contributed by atoms with van der Waals surface area (Å²) in [7, 11) is -2.33. The molecule has 1 saturated heterocycles. The van der Waals surface area contributed by atoms with E-state index < -0.39 is 22.7 Å². The minimum Gasteiger partial charge on any atom is -0.464 e. The number of hydrogen-bond acceptors (Lipinski definition) is 8. The lowest BCUT2D eigenvalue weighted by molar-refractivity contribution is -0.107. The van der Waals surface area contributed by atoms with Crippen LogP contribution in [0.5, 0.6) is 11.5 Å². The van der Waals surface area contributed by atoms with Crippen LogP contribution in [-0.4, -0.2) is 39.6 Å². The molecule has 0 radical (unpaired) electrons.